The van der Waals surface area contributed by atoms with Crippen LogP contribution in [-0.2, 0) is 14.3 Å². The number of hydrogen-bond acceptors (Lipinski definition) is 3. The van der Waals surface area contributed by atoms with Crippen molar-refractivity contribution < 1.29 is 14.3 Å². The van der Waals surface area contributed by atoms with Crippen molar-refractivity contribution in [3.05, 3.63) is 0 Å². The van der Waals surface area contributed by atoms with Gasteiger partial charge in [0, 0.05) is 5.41 Å². The van der Waals surface area contributed by atoms with Crippen LogP contribution < -0.4 is 0 Å². The van der Waals surface area contributed by atoms with Crippen molar-refractivity contribution in [2.75, 3.05) is 0 Å². The zero-order valence-electron chi connectivity index (χ0n) is 13.4. The molecule has 0 aromatic carbocycles. The fourth-order valence-electron chi connectivity index (χ4n) is 2.61. The SMILES string of the molecule is CCCC[C@@]1(C)O[C@H](C(C)(C)C)OC(=O)[C@@H]1CCC. The fourth-order valence-corrected chi connectivity index (χ4v) is 2.61. The molecular weight excluding hydrogens is 240 g/mol. The van der Waals surface area contributed by atoms with Crippen LogP contribution in [0.3, 0.4) is 0 Å². The summed E-state index contributed by atoms with van der Waals surface area (Å²) in [6.07, 6.45) is 4.51. The number of esters is 1. The van der Waals surface area contributed by atoms with Gasteiger partial charge in [0.15, 0.2) is 0 Å². The number of unbranched alkanes of at least 4 members (excludes halogenated alkanes) is 1. The molecular formula is C16H30O3. The minimum atomic E-state index is -0.435. The largest absolute Gasteiger partial charge is 0.435 e. The van der Waals surface area contributed by atoms with Crippen LogP contribution in [0.2, 0.25) is 0 Å². The molecule has 0 aromatic heterocycles. The molecule has 1 aliphatic rings. The van der Waals surface area contributed by atoms with Crippen LogP contribution in [0.15, 0.2) is 0 Å². The Labute approximate surface area is 118 Å². The Balaban J connectivity index is 2.93. The van der Waals surface area contributed by atoms with Gasteiger partial charge in [-0.1, -0.05) is 53.9 Å². The number of ether oxygens (including phenoxy) is 2. The quantitative estimate of drug-likeness (QED) is 0.699. The molecule has 0 amide bonds. The summed E-state index contributed by atoms with van der Waals surface area (Å²) in [7, 11) is 0. The third-order valence-corrected chi connectivity index (χ3v) is 3.93. The molecule has 0 radical (unpaired) electrons. The van der Waals surface area contributed by atoms with Crippen LogP contribution in [0.25, 0.3) is 0 Å². The highest BCUT2D eigenvalue weighted by atomic mass is 16.7. The van der Waals surface area contributed by atoms with Gasteiger partial charge in [0.25, 0.3) is 0 Å². The summed E-state index contributed by atoms with van der Waals surface area (Å²) in [6, 6.07) is 0. The summed E-state index contributed by atoms with van der Waals surface area (Å²) < 4.78 is 11.8. The van der Waals surface area contributed by atoms with E-state index in [4.69, 9.17) is 9.47 Å². The smallest absolute Gasteiger partial charge is 0.314 e. The van der Waals surface area contributed by atoms with E-state index < -0.39 is 6.29 Å². The molecule has 3 nitrogen and oxygen atoms in total. The van der Waals surface area contributed by atoms with Gasteiger partial charge >= 0.3 is 5.97 Å². The second kappa shape index (κ2) is 6.25. The summed E-state index contributed by atoms with van der Waals surface area (Å²) in [5.41, 5.74) is -0.556. The molecule has 1 rings (SSSR count). The third-order valence-electron chi connectivity index (χ3n) is 3.93. The van der Waals surface area contributed by atoms with Crippen molar-refractivity contribution in [1.29, 1.82) is 0 Å². The first-order valence-corrected chi connectivity index (χ1v) is 7.63. The number of cyclic esters (lactones) is 1. The van der Waals surface area contributed by atoms with Gasteiger partial charge in [0.2, 0.25) is 6.29 Å². The van der Waals surface area contributed by atoms with E-state index in [2.05, 4.69) is 20.8 Å². The highest BCUT2D eigenvalue weighted by Gasteiger charge is 2.49. The Morgan fingerprint density at radius 3 is 2.32 bits per heavy atom. The van der Waals surface area contributed by atoms with Crippen LogP contribution in [0, 0.1) is 11.3 Å². The molecule has 0 N–H and O–H groups in total. The van der Waals surface area contributed by atoms with Crippen molar-refractivity contribution in [2.24, 2.45) is 11.3 Å². The zero-order valence-corrected chi connectivity index (χ0v) is 13.4. The lowest BCUT2D eigenvalue weighted by molar-refractivity contribution is -0.288. The maximum Gasteiger partial charge on any atom is 0.314 e. The molecule has 0 saturated carbocycles. The van der Waals surface area contributed by atoms with Crippen molar-refractivity contribution in [3.8, 4) is 0 Å². The average molecular weight is 270 g/mol. The first-order valence-electron chi connectivity index (χ1n) is 7.63. The minimum Gasteiger partial charge on any atom is -0.435 e. The predicted molar refractivity (Wildman–Crippen MR) is 76.7 cm³/mol. The standard InChI is InChI=1S/C16H30O3/c1-7-9-11-16(6)12(10-8-2)13(17)18-14(19-16)15(3,4)5/h12,14H,7-11H2,1-6H3/t12-,14+,16+/m0/s1. The predicted octanol–water partition coefficient (Wildman–Crippen LogP) is 4.30. The molecule has 3 atom stereocenters. The van der Waals surface area contributed by atoms with Crippen LogP contribution >= 0.6 is 0 Å². The van der Waals surface area contributed by atoms with Gasteiger partial charge in [0.1, 0.15) is 0 Å². The van der Waals surface area contributed by atoms with Gasteiger partial charge in [0.05, 0.1) is 11.5 Å². The third kappa shape index (κ3) is 3.95. The highest BCUT2D eigenvalue weighted by Crippen LogP contribution is 2.41. The molecule has 1 heterocycles. The molecule has 1 fully saturated rings. The average Bonchev–Trinajstić information content (AvgIpc) is 2.30. The van der Waals surface area contributed by atoms with E-state index >= 15 is 0 Å². The lowest BCUT2D eigenvalue weighted by Gasteiger charge is -2.47. The van der Waals surface area contributed by atoms with E-state index in [0.29, 0.717) is 0 Å². The van der Waals surface area contributed by atoms with Crippen molar-refractivity contribution >= 4 is 5.97 Å². The van der Waals surface area contributed by atoms with E-state index in [1.54, 1.807) is 0 Å². The maximum atomic E-state index is 12.3. The van der Waals surface area contributed by atoms with E-state index in [9.17, 15) is 4.79 Å². The lowest BCUT2D eigenvalue weighted by Crippen LogP contribution is -2.55. The van der Waals surface area contributed by atoms with E-state index in [0.717, 1.165) is 32.1 Å². The van der Waals surface area contributed by atoms with Gasteiger partial charge in [-0.3, -0.25) is 4.79 Å². The summed E-state index contributed by atoms with van der Waals surface area (Å²) in [5, 5.41) is 0. The Bertz CT molecular complexity index is 306. The summed E-state index contributed by atoms with van der Waals surface area (Å²) in [6.45, 7) is 12.5. The molecule has 112 valence electrons. The fraction of sp³-hybridized carbons (Fsp3) is 0.938. The number of carbonyl (C=O) groups excluding carboxylic acids is 1. The summed E-state index contributed by atoms with van der Waals surface area (Å²) >= 11 is 0. The highest BCUT2D eigenvalue weighted by molar-refractivity contribution is 5.74. The number of hydrogen-bond donors (Lipinski definition) is 0. The van der Waals surface area contributed by atoms with Crippen molar-refractivity contribution in [2.45, 2.75) is 85.5 Å². The molecule has 0 aliphatic carbocycles. The summed E-state index contributed by atoms with van der Waals surface area (Å²) in [4.78, 5) is 12.3. The molecule has 0 spiro atoms. The molecule has 3 heteroatoms. The van der Waals surface area contributed by atoms with E-state index in [-0.39, 0.29) is 22.9 Å². The molecule has 1 saturated heterocycles. The Morgan fingerprint density at radius 2 is 1.84 bits per heavy atom. The van der Waals surface area contributed by atoms with Crippen LogP contribution in [0.5, 0.6) is 0 Å². The topological polar surface area (TPSA) is 35.5 Å². The molecule has 1 aliphatic heterocycles. The van der Waals surface area contributed by atoms with E-state index in [1.807, 2.05) is 20.8 Å². The monoisotopic (exact) mass is 270 g/mol. The number of carbonyl (C=O) groups is 1. The molecule has 19 heavy (non-hydrogen) atoms. The summed E-state index contributed by atoms with van der Waals surface area (Å²) in [5.74, 6) is -0.200. The van der Waals surface area contributed by atoms with Crippen LogP contribution in [-0.4, -0.2) is 17.9 Å². The van der Waals surface area contributed by atoms with Gasteiger partial charge in [-0.2, -0.15) is 0 Å². The van der Waals surface area contributed by atoms with E-state index in [1.165, 1.54) is 0 Å². The molecule has 0 unspecified atom stereocenters. The van der Waals surface area contributed by atoms with Gasteiger partial charge < -0.3 is 9.47 Å². The first-order chi connectivity index (χ1) is 8.74. The van der Waals surface area contributed by atoms with Gasteiger partial charge in [-0.15, -0.1) is 0 Å². The second-order valence-corrected chi connectivity index (χ2v) is 7.01. The Hall–Kier alpha value is -0.570. The van der Waals surface area contributed by atoms with Gasteiger partial charge in [-0.25, -0.2) is 0 Å². The second-order valence-electron chi connectivity index (χ2n) is 7.01. The lowest BCUT2D eigenvalue weighted by atomic mass is 9.80. The Morgan fingerprint density at radius 1 is 1.21 bits per heavy atom. The van der Waals surface area contributed by atoms with Crippen LogP contribution in [0.1, 0.15) is 73.6 Å². The number of rotatable bonds is 5. The normalized spacial score (nSPS) is 32.2. The minimum absolute atomic E-state index is 0.0772. The maximum absolute atomic E-state index is 12.3. The van der Waals surface area contributed by atoms with Gasteiger partial charge in [-0.05, 0) is 19.8 Å². The molecule has 0 aromatic rings. The van der Waals surface area contributed by atoms with Crippen LogP contribution in [0.4, 0.5) is 0 Å². The Kier molecular flexibility index (Phi) is 5.43. The van der Waals surface area contributed by atoms with Crippen molar-refractivity contribution in [3.63, 3.8) is 0 Å². The first kappa shape index (κ1) is 16.5. The zero-order chi connectivity index (χ0) is 14.7. The van der Waals surface area contributed by atoms with Crippen molar-refractivity contribution in [1.82, 2.24) is 0 Å². The molecule has 0 bridgehead atoms.